The predicted molar refractivity (Wildman–Crippen MR) is 77.3 cm³/mol. The smallest absolute Gasteiger partial charge is 0.255 e. The van der Waals surface area contributed by atoms with E-state index in [0.717, 1.165) is 0 Å². The number of halogens is 2. The van der Waals surface area contributed by atoms with Gasteiger partial charge in [-0.15, -0.1) is 0 Å². The van der Waals surface area contributed by atoms with E-state index in [2.05, 4.69) is 5.32 Å². The minimum absolute atomic E-state index is 0.150. The van der Waals surface area contributed by atoms with Gasteiger partial charge in [-0.2, -0.15) is 0 Å². The SMILES string of the molecule is Cc1cc(C(=O)Nc2cccc(Cl)c2Cl)ccc1O. The average molecular weight is 296 g/mol. The monoisotopic (exact) mass is 295 g/mol. The number of carbonyl (C=O) groups excluding carboxylic acids is 1. The van der Waals surface area contributed by atoms with E-state index < -0.39 is 0 Å². The number of nitrogens with one attached hydrogen (secondary N) is 1. The highest BCUT2D eigenvalue weighted by Gasteiger charge is 2.11. The first-order chi connectivity index (χ1) is 8.99. The van der Waals surface area contributed by atoms with Crippen molar-refractivity contribution >= 4 is 34.8 Å². The van der Waals surface area contributed by atoms with Crippen molar-refractivity contribution in [2.75, 3.05) is 5.32 Å². The summed E-state index contributed by atoms with van der Waals surface area (Å²) in [5.74, 6) is -0.162. The van der Waals surface area contributed by atoms with Gasteiger partial charge in [-0.3, -0.25) is 4.79 Å². The van der Waals surface area contributed by atoms with Gasteiger partial charge < -0.3 is 10.4 Å². The zero-order valence-corrected chi connectivity index (χ0v) is 11.6. The standard InChI is InChI=1S/C14H11Cl2NO2/c1-8-7-9(5-6-12(8)18)14(19)17-11-4-2-3-10(15)13(11)16/h2-7,18H,1H3,(H,17,19). The van der Waals surface area contributed by atoms with Crippen LogP contribution in [-0.2, 0) is 0 Å². The Morgan fingerprint density at radius 3 is 2.63 bits per heavy atom. The number of hydrogen-bond donors (Lipinski definition) is 2. The lowest BCUT2D eigenvalue weighted by Crippen LogP contribution is -2.12. The fourth-order valence-corrected chi connectivity index (χ4v) is 1.94. The van der Waals surface area contributed by atoms with Gasteiger partial charge in [0.2, 0.25) is 0 Å². The molecule has 0 aliphatic heterocycles. The Morgan fingerprint density at radius 1 is 1.21 bits per heavy atom. The average Bonchev–Trinajstić information content (AvgIpc) is 2.38. The highest BCUT2D eigenvalue weighted by molar-refractivity contribution is 6.44. The van der Waals surface area contributed by atoms with Crippen LogP contribution in [0.25, 0.3) is 0 Å². The van der Waals surface area contributed by atoms with Gasteiger partial charge in [0.1, 0.15) is 5.75 Å². The quantitative estimate of drug-likeness (QED) is 0.870. The van der Waals surface area contributed by atoms with Crippen LogP contribution in [-0.4, -0.2) is 11.0 Å². The number of hydrogen-bond acceptors (Lipinski definition) is 2. The second-order valence-corrected chi connectivity index (χ2v) is 4.84. The summed E-state index contributed by atoms with van der Waals surface area (Å²) in [5, 5.41) is 12.8. The molecular weight excluding hydrogens is 285 g/mol. The molecule has 0 bridgehead atoms. The molecule has 0 saturated carbocycles. The molecule has 0 aliphatic rings. The van der Waals surface area contributed by atoms with Crippen molar-refractivity contribution in [3.63, 3.8) is 0 Å². The summed E-state index contributed by atoms with van der Waals surface area (Å²) >= 11 is 11.9. The van der Waals surface area contributed by atoms with E-state index in [1.165, 1.54) is 12.1 Å². The van der Waals surface area contributed by atoms with E-state index in [4.69, 9.17) is 23.2 Å². The molecule has 19 heavy (non-hydrogen) atoms. The number of phenols is 1. The van der Waals surface area contributed by atoms with Crippen LogP contribution in [0.3, 0.4) is 0 Å². The van der Waals surface area contributed by atoms with Crippen molar-refractivity contribution in [3.8, 4) is 5.75 Å². The topological polar surface area (TPSA) is 49.3 Å². The van der Waals surface area contributed by atoms with Crippen LogP contribution < -0.4 is 5.32 Å². The van der Waals surface area contributed by atoms with Gasteiger partial charge in [-0.1, -0.05) is 29.3 Å². The molecule has 2 N–H and O–H groups in total. The van der Waals surface area contributed by atoms with Gasteiger partial charge in [0.15, 0.2) is 0 Å². The van der Waals surface area contributed by atoms with Crippen LogP contribution in [0.4, 0.5) is 5.69 Å². The molecule has 5 heteroatoms. The van der Waals surface area contributed by atoms with Crippen LogP contribution in [0.5, 0.6) is 5.75 Å². The molecule has 0 unspecified atom stereocenters. The van der Waals surface area contributed by atoms with Crippen LogP contribution in [0.1, 0.15) is 15.9 Å². The molecule has 98 valence electrons. The Labute approximate surface area is 120 Å². The molecular formula is C14H11Cl2NO2. The normalized spacial score (nSPS) is 10.3. The van der Waals surface area contributed by atoms with Gasteiger partial charge in [-0.25, -0.2) is 0 Å². The highest BCUT2D eigenvalue weighted by atomic mass is 35.5. The molecule has 0 saturated heterocycles. The molecule has 0 fully saturated rings. The first kappa shape index (κ1) is 13.7. The maximum Gasteiger partial charge on any atom is 0.255 e. The molecule has 0 radical (unpaired) electrons. The van der Waals surface area contributed by atoms with Crippen LogP contribution >= 0.6 is 23.2 Å². The summed E-state index contributed by atoms with van der Waals surface area (Å²) in [6.07, 6.45) is 0. The van der Waals surface area contributed by atoms with Gasteiger partial charge in [0.25, 0.3) is 5.91 Å². The summed E-state index contributed by atoms with van der Waals surface area (Å²) in [4.78, 5) is 12.0. The van der Waals surface area contributed by atoms with E-state index in [1.807, 2.05) is 0 Å². The first-order valence-corrected chi connectivity index (χ1v) is 6.29. The fourth-order valence-electron chi connectivity index (χ4n) is 1.59. The number of amides is 1. The molecule has 2 aromatic carbocycles. The van der Waals surface area contributed by atoms with E-state index in [1.54, 1.807) is 31.2 Å². The van der Waals surface area contributed by atoms with Crippen LogP contribution in [0.15, 0.2) is 36.4 Å². The molecule has 0 aliphatic carbocycles. The van der Waals surface area contributed by atoms with Crippen molar-refractivity contribution in [1.29, 1.82) is 0 Å². The van der Waals surface area contributed by atoms with E-state index in [9.17, 15) is 9.90 Å². The molecule has 3 nitrogen and oxygen atoms in total. The third-order valence-electron chi connectivity index (χ3n) is 2.66. The number of anilines is 1. The lowest BCUT2D eigenvalue weighted by Gasteiger charge is -2.09. The van der Waals surface area contributed by atoms with Crippen molar-refractivity contribution in [3.05, 3.63) is 57.6 Å². The van der Waals surface area contributed by atoms with E-state index in [0.29, 0.717) is 26.9 Å². The van der Waals surface area contributed by atoms with E-state index >= 15 is 0 Å². The lowest BCUT2D eigenvalue weighted by atomic mass is 10.1. The number of aryl methyl sites for hydroxylation is 1. The van der Waals surface area contributed by atoms with Crippen molar-refractivity contribution < 1.29 is 9.90 Å². The number of aromatic hydroxyl groups is 1. The highest BCUT2D eigenvalue weighted by Crippen LogP contribution is 2.30. The summed E-state index contributed by atoms with van der Waals surface area (Å²) in [5.41, 5.74) is 1.51. The molecule has 0 heterocycles. The molecule has 0 aromatic heterocycles. The molecule has 1 amide bonds. The van der Waals surface area contributed by atoms with Crippen molar-refractivity contribution in [2.45, 2.75) is 6.92 Å². The van der Waals surface area contributed by atoms with Gasteiger partial charge in [0.05, 0.1) is 15.7 Å². The third-order valence-corrected chi connectivity index (χ3v) is 3.48. The second kappa shape index (κ2) is 5.51. The maximum absolute atomic E-state index is 12.0. The molecule has 0 spiro atoms. The number of carbonyl (C=O) groups is 1. The Bertz CT molecular complexity index is 641. The third kappa shape index (κ3) is 3.00. The lowest BCUT2D eigenvalue weighted by molar-refractivity contribution is 0.102. The van der Waals surface area contributed by atoms with Crippen molar-refractivity contribution in [1.82, 2.24) is 0 Å². The number of benzene rings is 2. The van der Waals surface area contributed by atoms with Gasteiger partial charge >= 0.3 is 0 Å². The zero-order valence-electron chi connectivity index (χ0n) is 10.1. The Hall–Kier alpha value is -1.71. The first-order valence-electron chi connectivity index (χ1n) is 5.54. The van der Waals surface area contributed by atoms with Crippen LogP contribution in [0.2, 0.25) is 10.0 Å². The predicted octanol–water partition coefficient (Wildman–Crippen LogP) is 4.26. The Kier molecular flexibility index (Phi) is 3.98. The number of phenolic OH excluding ortho intramolecular Hbond substituents is 1. The van der Waals surface area contributed by atoms with Gasteiger partial charge in [-0.05, 0) is 42.8 Å². The molecule has 2 rings (SSSR count). The fraction of sp³-hybridized carbons (Fsp3) is 0.0714. The Morgan fingerprint density at radius 2 is 1.95 bits per heavy atom. The Balaban J connectivity index is 2.26. The zero-order chi connectivity index (χ0) is 14.0. The van der Waals surface area contributed by atoms with Gasteiger partial charge in [0, 0.05) is 5.56 Å². The van der Waals surface area contributed by atoms with E-state index in [-0.39, 0.29) is 11.7 Å². The van der Waals surface area contributed by atoms with Crippen LogP contribution in [0, 0.1) is 6.92 Å². The van der Waals surface area contributed by atoms with Crippen molar-refractivity contribution in [2.24, 2.45) is 0 Å². The summed E-state index contributed by atoms with van der Waals surface area (Å²) in [7, 11) is 0. The molecule has 2 aromatic rings. The second-order valence-electron chi connectivity index (χ2n) is 4.06. The summed E-state index contributed by atoms with van der Waals surface area (Å²) in [6, 6.07) is 9.62. The maximum atomic E-state index is 12.0. The summed E-state index contributed by atoms with van der Waals surface area (Å²) in [6.45, 7) is 1.72. The summed E-state index contributed by atoms with van der Waals surface area (Å²) < 4.78 is 0. The largest absolute Gasteiger partial charge is 0.508 e. The minimum Gasteiger partial charge on any atom is -0.508 e. The minimum atomic E-state index is -0.313. The number of rotatable bonds is 2. The molecule has 0 atom stereocenters.